The zero-order valence-corrected chi connectivity index (χ0v) is 14.3. The number of aliphatic imine (C=N–C) groups is 1. The van der Waals surface area contributed by atoms with Gasteiger partial charge in [-0.05, 0) is 70.5 Å². The molecule has 0 spiro atoms. The Kier molecular flexibility index (Phi) is 8.64. The van der Waals surface area contributed by atoms with Crippen LogP contribution in [-0.4, -0.2) is 63.8 Å². The highest BCUT2D eigenvalue weighted by molar-refractivity contribution is 5.79. The van der Waals surface area contributed by atoms with E-state index in [-0.39, 0.29) is 0 Å². The molecule has 2 N–H and O–H groups in total. The molecule has 0 aromatic rings. The zero-order chi connectivity index (χ0) is 15.5. The van der Waals surface area contributed by atoms with Crippen LogP contribution in [0.15, 0.2) is 4.99 Å². The van der Waals surface area contributed by atoms with Gasteiger partial charge in [-0.1, -0.05) is 0 Å². The lowest BCUT2D eigenvalue weighted by Gasteiger charge is -2.15. The van der Waals surface area contributed by atoms with Gasteiger partial charge in [0.15, 0.2) is 5.96 Å². The summed E-state index contributed by atoms with van der Waals surface area (Å²) in [6.45, 7) is 7.62. The Morgan fingerprint density at radius 2 is 1.82 bits per heavy atom. The lowest BCUT2D eigenvalue weighted by molar-refractivity contribution is 0.123. The Bertz CT molecular complexity index is 312. The minimum absolute atomic E-state index is 0.857. The highest BCUT2D eigenvalue weighted by Gasteiger charge is 2.20. The number of rotatable bonds is 11. The Balaban J connectivity index is 1.37. The molecule has 1 saturated carbocycles. The molecule has 0 bridgehead atoms. The molecule has 5 nitrogen and oxygen atoms in total. The van der Waals surface area contributed by atoms with Crippen LogP contribution < -0.4 is 10.6 Å². The summed E-state index contributed by atoms with van der Waals surface area (Å²) >= 11 is 0. The number of ether oxygens (including phenoxy) is 1. The van der Waals surface area contributed by atoms with Crippen molar-refractivity contribution in [2.24, 2.45) is 10.9 Å². The topological polar surface area (TPSA) is 48.9 Å². The molecule has 2 rings (SSSR count). The van der Waals surface area contributed by atoms with Crippen molar-refractivity contribution in [3.8, 4) is 0 Å². The molecule has 1 saturated heterocycles. The number of hydrogen-bond donors (Lipinski definition) is 2. The number of likely N-dealkylation sites (tertiary alicyclic amines) is 1. The lowest BCUT2D eigenvalue weighted by atomic mass is 10.3. The van der Waals surface area contributed by atoms with E-state index in [0.29, 0.717) is 0 Å². The Labute approximate surface area is 135 Å². The van der Waals surface area contributed by atoms with Gasteiger partial charge in [-0.15, -0.1) is 0 Å². The number of unbranched alkanes of at least 4 members (excludes halogenated alkanes) is 1. The van der Waals surface area contributed by atoms with Crippen LogP contribution in [0, 0.1) is 5.92 Å². The molecule has 22 heavy (non-hydrogen) atoms. The van der Waals surface area contributed by atoms with Crippen molar-refractivity contribution in [3.63, 3.8) is 0 Å². The molecule has 1 aliphatic heterocycles. The van der Waals surface area contributed by atoms with Gasteiger partial charge in [0.1, 0.15) is 0 Å². The molecular weight excluding hydrogens is 276 g/mol. The summed E-state index contributed by atoms with van der Waals surface area (Å²) in [5.41, 5.74) is 0. The summed E-state index contributed by atoms with van der Waals surface area (Å²) in [4.78, 5) is 6.84. The fraction of sp³-hybridized carbons (Fsp3) is 0.941. The van der Waals surface area contributed by atoms with Gasteiger partial charge in [0, 0.05) is 33.4 Å². The van der Waals surface area contributed by atoms with Gasteiger partial charge >= 0.3 is 0 Å². The van der Waals surface area contributed by atoms with Gasteiger partial charge in [0.2, 0.25) is 0 Å². The average Bonchev–Trinajstić information content (AvgIpc) is 3.21. The molecule has 2 aliphatic rings. The van der Waals surface area contributed by atoms with E-state index in [9.17, 15) is 0 Å². The van der Waals surface area contributed by atoms with Crippen LogP contribution in [0.4, 0.5) is 0 Å². The van der Waals surface area contributed by atoms with Gasteiger partial charge in [0.25, 0.3) is 0 Å². The number of nitrogens with zero attached hydrogens (tertiary/aromatic N) is 2. The van der Waals surface area contributed by atoms with Crippen LogP contribution in [0.25, 0.3) is 0 Å². The molecule has 2 fully saturated rings. The van der Waals surface area contributed by atoms with Crippen molar-refractivity contribution < 1.29 is 4.74 Å². The third kappa shape index (κ3) is 7.99. The number of hydrogen-bond acceptors (Lipinski definition) is 3. The maximum absolute atomic E-state index is 5.63. The second-order valence-electron chi connectivity index (χ2n) is 6.55. The van der Waals surface area contributed by atoms with Crippen LogP contribution >= 0.6 is 0 Å². The maximum Gasteiger partial charge on any atom is 0.190 e. The normalized spacial score (nSPS) is 19.6. The van der Waals surface area contributed by atoms with E-state index in [4.69, 9.17) is 4.74 Å². The second-order valence-corrected chi connectivity index (χ2v) is 6.55. The Morgan fingerprint density at radius 1 is 1.09 bits per heavy atom. The fourth-order valence-corrected chi connectivity index (χ4v) is 2.81. The van der Waals surface area contributed by atoms with Crippen LogP contribution in [-0.2, 0) is 4.74 Å². The number of nitrogens with one attached hydrogen (secondary N) is 2. The molecule has 5 heteroatoms. The van der Waals surface area contributed by atoms with Gasteiger partial charge in [-0.25, -0.2) is 0 Å². The van der Waals surface area contributed by atoms with Crippen molar-refractivity contribution >= 4 is 5.96 Å². The van der Waals surface area contributed by atoms with E-state index in [1.54, 1.807) is 0 Å². The molecule has 0 radical (unpaired) electrons. The average molecular weight is 310 g/mol. The largest absolute Gasteiger partial charge is 0.381 e. The highest BCUT2D eigenvalue weighted by atomic mass is 16.5. The monoisotopic (exact) mass is 310 g/mol. The molecule has 0 unspecified atom stereocenters. The molecule has 128 valence electrons. The standard InChI is InChI=1S/C17H34N4O/c1-18-17(20-10-6-14-22-15-16-7-8-16)19-9-2-3-11-21-12-4-5-13-21/h16H,2-15H2,1H3,(H2,18,19,20). The summed E-state index contributed by atoms with van der Waals surface area (Å²) in [6.07, 6.45) is 9.04. The predicted molar refractivity (Wildman–Crippen MR) is 92.4 cm³/mol. The maximum atomic E-state index is 5.63. The minimum Gasteiger partial charge on any atom is -0.381 e. The summed E-state index contributed by atoms with van der Waals surface area (Å²) in [6, 6.07) is 0. The van der Waals surface area contributed by atoms with Gasteiger partial charge in [-0.3, -0.25) is 4.99 Å². The highest BCUT2D eigenvalue weighted by Crippen LogP contribution is 2.28. The molecule has 1 aliphatic carbocycles. The van der Waals surface area contributed by atoms with Crippen LogP contribution in [0.1, 0.15) is 44.9 Å². The van der Waals surface area contributed by atoms with Crippen LogP contribution in [0.3, 0.4) is 0 Å². The Morgan fingerprint density at radius 3 is 2.50 bits per heavy atom. The lowest BCUT2D eigenvalue weighted by Crippen LogP contribution is -2.38. The summed E-state index contributed by atoms with van der Waals surface area (Å²) in [7, 11) is 1.84. The quantitative estimate of drug-likeness (QED) is 0.347. The Hall–Kier alpha value is -0.810. The molecular formula is C17H34N4O. The number of guanidine groups is 1. The molecule has 0 amide bonds. The third-order valence-electron chi connectivity index (χ3n) is 4.42. The van der Waals surface area contributed by atoms with E-state index in [1.807, 2.05) is 7.05 Å². The van der Waals surface area contributed by atoms with Gasteiger partial charge in [-0.2, -0.15) is 0 Å². The van der Waals surface area contributed by atoms with E-state index in [0.717, 1.165) is 44.6 Å². The van der Waals surface area contributed by atoms with Crippen LogP contribution in [0.2, 0.25) is 0 Å². The summed E-state index contributed by atoms with van der Waals surface area (Å²) < 4.78 is 5.63. The van der Waals surface area contributed by atoms with E-state index < -0.39 is 0 Å². The first-order valence-electron chi connectivity index (χ1n) is 9.13. The minimum atomic E-state index is 0.857. The van der Waals surface area contributed by atoms with Crippen molar-refractivity contribution in [2.75, 3.05) is 53.0 Å². The summed E-state index contributed by atoms with van der Waals surface area (Å²) in [5, 5.41) is 6.75. The van der Waals surface area contributed by atoms with Gasteiger partial charge < -0.3 is 20.3 Å². The van der Waals surface area contributed by atoms with Crippen molar-refractivity contribution in [1.29, 1.82) is 0 Å². The van der Waals surface area contributed by atoms with E-state index in [1.165, 1.54) is 58.2 Å². The first-order valence-corrected chi connectivity index (χ1v) is 9.13. The molecule has 0 aromatic heterocycles. The smallest absolute Gasteiger partial charge is 0.190 e. The second kappa shape index (κ2) is 10.8. The van der Waals surface area contributed by atoms with E-state index >= 15 is 0 Å². The van der Waals surface area contributed by atoms with Crippen molar-refractivity contribution in [2.45, 2.75) is 44.9 Å². The molecule has 0 atom stereocenters. The zero-order valence-electron chi connectivity index (χ0n) is 14.3. The first kappa shape index (κ1) is 17.5. The van der Waals surface area contributed by atoms with E-state index in [2.05, 4.69) is 20.5 Å². The third-order valence-corrected chi connectivity index (χ3v) is 4.42. The molecule has 0 aromatic carbocycles. The summed E-state index contributed by atoms with van der Waals surface area (Å²) in [5.74, 6) is 1.78. The van der Waals surface area contributed by atoms with Crippen LogP contribution in [0.5, 0.6) is 0 Å². The molecule has 1 heterocycles. The fourth-order valence-electron chi connectivity index (χ4n) is 2.81. The van der Waals surface area contributed by atoms with Crippen molar-refractivity contribution in [3.05, 3.63) is 0 Å². The predicted octanol–water partition coefficient (Wildman–Crippen LogP) is 1.84. The first-order chi connectivity index (χ1) is 10.9. The van der Waals surface area contributed by atoms with Gasteiger partial charge in [0.05, 0.1) is 0 Å². The SMILES string of the molecule is CN=C(NCCCCN1CCCC1)NCCCOCC1CC1. The van der Waals surface area contributed by atoms with Crippen molar-refractivity contribution in [1.82, 2.24) is 15.5 Å².